The predicted molar refractivity (Wildman–Crippen MR) is 72.4 cm³/mol. The highest BCUT2D eigenvalue weighted by molar-refractivity contribution is 9.10. The summed E-state index contributed by atoms with van der Waals surface area (Å²) in [6.07, 6.45) is 2.09. The largest absolute Gasteiger partial charge is 0.352 e. The lowest BCUT2D eigenvalue weighted by Gasteiger charge is -2.08. The average molecular weight is 311 g/mol. The van der Waals surface area contributed by atoms with Crippen molar-refractivity contribution >= 4 is 27.7 Å². The summed E-state index contributed by atoms with van der Waals surface area (Å²) in [5.74, 6) is -0.369. The van der Waals surface area contributed by atoms with E-state index < -0.39 is 0 Å². The van der Waals surface area contributed by atoms with Gasteiger partial charge in [-0.3, -0.25) is 9.59 Å². The second-order valence-electron chi connectivity index (χ2n) is 4.51. The van der Waals surface area contributed by atoms with Crippen molar-refractivity contribution in [2.75, 3.05) is 6.54 Å². The Morgan fingerprint density at radius 2 is 2.11 bits per heavy atom. The highest BCUT2D eigenvalue weighted by atomic mass is 79.9. The van der Waals surface area contributed by atoms with Crippen LogP contribution in [-0.4, -0.2) is 24.4 Å². The van der Waals surface area contributed by atoms with Crippen molar-refractivity contribution in [3.05, 3.63) is 33.8 Å². The van der Waals surface area contributed by atoms with Gasteiger partial charge in [0.1, 0.15) is 0 Å². The lowest BCUT2D eigenvalue weighted by Crippen LogP contribution is -2.37. The van der Waals surface area contributed by atoms with Crippen LogP contribution in [0.25, 0.3) is 0 Å². The molecular formula is C13H15BrN2O2. The minimum Gasteiger partial charge on any atom is -0.352 e. The zero-order valence-electron chi connectivity index (χ0n) is 10.1. The topological polar surface area (TPSA) is 58.2 Å². The van der Waals surface area contributed by atoms with Gasteiger partial charge in [-0.25, -0.2) is 0 Å². The number of hydrogen-bond acceptors (Lipinski definition) is 2. The number of amides is 2. The van der Waals surface area contributed by atoms with Crippen LogP contribution in [0, 0.1) is 6.92 Å². The molecule has 1 aromatic rings. The number of hydrogen-bond donors (Lipinski definition) is 2. The standard InChI is InChI=1S/C13H15BrN2O2/c1-8-2-5-11(14)10(6-8)13(18)15-7-12(17)16-9-3-4-9/h2,5-6,9H,3-4,7H2,1H3,(H,15,18)(H,16,17). The van der Waals surface area contributed by atoms with Gasteiger partial charge in [0.25, 0.3) is 5.91 Å². The zero-order valence-corrected chi connectivity index (χ0v) is 11.7. The van der Waals surface area contributed by atoms with Gasteiger partial charge in [-0.1, -0.05) is 11.6 Å². The van der Waals surface area contributed by atoms with Gasteiger partial charge >= 0.3 is 0 Å². The van der Waals surface area contributed by atoms with E-state index in [1.165, 1.54) is 0 Å². The molecule has 5 heteroatoms. The third kappa shape index (κ3) is 3.57. The van der Waals surface area contributed by atoms with Crippen LogP contribution in [0.3, 0.4) is 0 Å². The van der Waals surface area contributed by atoms with Crippen molar-refractivity contribution in [1.82, 2.24) is 10.6 Å². The van der Waals surface area contributed by atoms with Crippen molar-refractivity contribution in [3.8, 4) is 0 Å². The Morgan fingerprint density at radius 1 is 1.39 bits per heavy atom. The summed E-state index contributed by atoms with van der Waals surface area (Å²) in [4.78, 5) is 23.3. The number of carbonyl (C=O) groups is 2. The third-order valence-corrected chi connectivity index (χ3v) is 3.41. The number of aryl methyl sites for hydroxylation is 1. The van der Waals surface area contributed by atoms with E-state index in [4.69, 9.17) is 0 Å². The van der Waals surface area contributed by atoms with E-state index in [2.05, 4.69) is 26.6 Å². The van der Waals surface area contributed by atoms with Gasteiger partial charge in [-0.15, -0.1) is 0 Å². The summed E-state index contributed by atoms with van der Waals surface area (Å²) >= 11 is 3.33. The van der Waals surface area contributed by atoms with Gasteiger partial charge in [0.2, 0.25) is 5.91 Å². The Labute approximate surface area is 114 Å². The van der Waals surface area contributed by atoms with Crippen LogP contribution < -0.4 is 10.6 Å². The summed E-state index contributed by atoms with van der Waals surface area (Å²) in [5.41, 5.74) is 1.56. The van der Waals surface area contributed by atoms with Crippen molar-refractivity contribution in [2.24, 2.45) is 0 Å². The second kappa shape index (κ2) is 5.52. The maximum absolute atomic E-state index is 11.9. The quantitative estimate of drug-likeness (QED) is 0.890. The molecule has 0 aliphatic heterocycles. The van der Waals surface area contributed by atoms with Crippen LogP contribution in [0.2, 0.25) is 0 Å². The molecule has 1 fully saturated rings. The van der Waals surface area contributed by atoms with Crippen molar-refractivity contribution in [3.63, 3.8) is 0 Å². The molecule has 18 heavy (non-hydrogen) atoms. The van der Waals surface area contributed by atoms with Gasteiger partial charge in [0.05, 0.1) is 12.1 Å². The van der Waals surface area contributed by atoms with E-state index in [-0.39, 0.29) is 18.4 Å². The zero-order chi connectivity index (χ0) is 13.1. The molecule has 1 aliphatic rings. The summed E-state index contributed by atoms with van der Waals surface area (Å²) in [7, 11) is 0. The molecule has 4 nitrogen and oxygen atoms in total. The highest BCUT2D eigenvalue weighted by Crippen LogP contribution is 2.19. The third-order valence-electron chi connectivity index (χ3n) is 2.72. The molecule has 2 amide bonds. The maximum Gasteiger partial charge on any atom is 0.252 e. The van der Waals surface area contributed by atoms with E-state index >= 15 is 0 Å². The van der Waals surface area contributed by atoms with Gasteiger partial charge in [-0.2, -0.15) is 0 Å². The monoisotopic (exact) mass is 310 g/mol. The summed E-state index contributed by atoms with van der Waals surface area (Å²) in [6.45, 7) is 1.94. The fourth-order valence-corrected chi connectivity index (χ4v) is 2.00. The second-order valence-corrected chi connectivity index (χ2v) is 5.36. The van der Waals surface area contributed by atoms with E-state index in [1.54, 1.807) is 6.07 Å². The van der Waals surface area contributed by atoms with Crippen molar-refractivity contribution in [2.45, 2.75) is 25.8 Å². The Hall–Kier alpha value is -1.36. The molecule has 96 valence electrons. The lowest BCUT2D eigenvalue weighted by atomic mass is 10.1. The minimum atomic E-state index is -0.239. The summed E-state index contributed by atoms with van der Waals surface area (Å²) < 4.78 is 0.730. The van der Waals surface area contributed by atoms with E-state index in [0.717, 1.165) is 22.9 Å². The molecule has 1 saturated carbocycles. The minimum absolute atomic E-state index is 0.0235. The number of carbonyl (C=O) groups excluding carboxylic acids is 2. The van der Waals surface area contributed by atoms with Crippen LogP contribution >= 0.6 is 15.9 Å². The molecule has 2 N–H and O–H groups in total. The molecule has 0 atom stereocenters. The predicted octanol–water partition coefficient (Wildman–Crippen LogP) is 1.77. The fraction of sp³-hybridized carbons (Fsp3) is 0.385. The van der Waals surface area contributed by atoms with Crippen LogP contribution in [-0.2, 0) is 4.79 Å². The Kier molecular flexibility index (Phi) is 4.01. The molecule has 1 aromatic carbocycles. The first-order valence-corrected chi connectivity index (χ1v) is 6.69. The molecular weight excluding hydrogens is 296 g/mol. The maximum atomic E-state index is 11.9. The molecule has 0 saturated heterocycles. The molecule has 0 unspecified atom stereocenters. The SMILES string of the molecule is Cc1ccc(Br)c(C(=O)NCC(=O)NC2CC2)c1. The molecule has 0 bridgehead atoms. The number of halogens is 1. The molecule has 0 heterocycles. The van der Waals surface area contributed by atoms with Crippen LogP contribution in [0.1, 0.15) is 28.8 Å². The van der Waals surface area contributed by atoms with Gasteiger partial charge in [-0.05, 0) is 47.8 Å². The van der Waals surface area contributed by atoms with Crippen LogP contribution in [0.5, 0.6) is 0 Å². The van der Waals surface area contributed by atoms with Gasteiger partial charge in [0.15, 0.2) is 0 Å². The Morgan fingerprint density at radius 3 is 2.78 bits per heavy atom. The molecule has 2 rings (SSSR count). The first-order chi connectivity index (χ1) is 8.56. The summed E-state index contributed by atoms with van der Waals surface area (Å²) in [5, 5.41) is 5.44. The normalized spacial score (nSPS) is 14.1. The number of benzene rings is 1. The van der Waals surface area contributed by atoms with Gasteiger partial charge < -0.3 is 10.6 Å². The number of nitrogens with one attached hydrogen (secondary N) is 2. The van der Waals surface area contributed by atoms with Crippen molar-refractivity contribution < 1.29 is 9.59 Å². The van der Waals surface area contributed by atoms with Gasteiger partial charge in [0, 0.05) is 10.5 Å². The molecule has 0 radical (unpaired) electrons. The average Bonchev–Trinajstić information content (AvgIpc) is 3.13. The molecule has 0 spiro atoms. The molecule has 0 aromatic heterocycles. The Bertz CT molecular complexity index is 484. The summed E-state index contributed by atoms with van der Waals surface area (Å²) in [6, 6.07) is 5.85. The number of rotatable bonds is 4. The fourth-order valence-electron chi connectivity index (χ4n) is 1.58. The first-order valence-electron chi connectivity index (χ1n) is 5.90. The van der Waals surface area contributed by atoms with Crippen LogP contribution in [0.4, 0.5) is 0 Å². The smallest absolute Gasteiger partial charge is 0.252 e. The van der Waals surface area contributed by atoms with E-state index in [9.17, 15) is 9.59 Å². The van der Waals surface area contributed by atoms with Crippen molar-refractivity contribution in [1.29, 1.82) is 0 Å². The Balaban J connectivity index is 1.90. The van der Waals surface area contributed by atoms with Crippen LogP contribution in [0.15, 0.2) is 22.7 Å². The highest BCUT2D eigenvalue weighted by Gasteiger charge is 2.23. The lowest BCUT2D eigenvalue weighted by molar-refractivity contribution is -0.120. The van der Waals surface area contributed by atoms with E-state index in [1.807, 2.05) is 19.1 Å². The van der Waals surface area contributed by atoms with E-state index in [0.29, 0.717) is 11.6 Å². The first kappa shape index (κ1) is 13.1. The molecule has 1 aliphatic carbocycles.